The van der Waals surface area contributed by atoms with Gasteiger partial charge in [-0.25, -0.2) is 0 Å². The monoisotopic (exact) mass is 330 g/mol. The first-order valence-electron chi connectivity index (χ1n) is 5.00. The van der Waals surface area contributed by atoms with Crippen LogP contribution in [0, 0.1) is 0 Å². The molecule has 1 rings (SSSR count). The van der Waals surface area contributed by atoms with Gasteiger partial charge in [0.05, 0.1) is 0 Å². The Morgan fingerprint density at radius 3 is 2.00 bits per heavy atom. The van der Waals surface area contributed by atoms with E-state index in [1.165, 1.54) is 24.3 Å². The van der Waals surface area contributed by atoms with E-state index in [-0.39, 0.29) is 10.6 Å². The van der Waals surface area contributed by atoms with Crippen LogP contribution >= 0.6 is 26.8 Å². The zero-order chi connectivity index (χ0) is 15.1. The molecule has 0 heterocycles. The van der Waals surface area contributed by atoms with Crippen molar-refractivity contribution in [3.63, 3.8) is 0 Å². The zero-order valence-electron chi connectivity index (χ0n) is 9.71. The van der Waals surface area contributed by atoms with Gasteiger partial charge in [-0.15, -0.1) is 0 Å². The standard InChI is InChI=1S/C9H13ClO7P2/c1-6(7-3-2-4-8(10)5-7)9(11,18(12,13)14)19(15,16)17/h2-6,11H,1H3,(H2,12,13,14)(H2,15,16,17). The summed E-state index contributed by atoms with van der Waals surface area (Å²) in [6.45, 7) is 1.10. The molecule has 1 atom stereocenters. The molecule has 0 saturated carbocycles. The summed E-state index contributed by atoms with van der Waals surface area (Å²) in [7, 11) is -11.0. The van der Waals surface area contributed by atoms with E-state index in [0.717, 1.165) is 6.92 Å². The van der Waals surface area contributed by atoms with E-state index in [4.69, 9.17) is 31.2 Å². The Balaban J connectivity index is 3.44. The molecule has 0 aliphatic rings. The van der Waals surface area contributed by atoms with Crippen LogP contribution in [0.5, 0.6) is 0 Å². The van der Waals surface area contributed by atoms with Crippen LogP contribution in [0.1, 0.15) is 18.4 Å². The number of rotatable bonds is 4. The Kier molecular flexibility index (Phi) is 4.67. The average molecular weight is 331 g/mol. The van der Waals surface area contributed by atoms with E-state index >= 15 is 0 Å². The van der Waals surface area contributed by atoms with Crippen molar-refractivity contribution in [1.82, 2.24) is 0 Å². The predicted octanol–water partition coefficient (Wildman–Crippen LogP) is 1.45. The summed E-state index contributed by atoms with van der Waals surface area (Å²) in [5, 5.41) is 6.64. The molecule has 0 spiro atoms. The molecule has 7 nitrogen and oxygen atoms in total. The molecule has 0 aromatic heterocycles. The minimum Gasteiger partial charge on any atom is -0.367 e. The lowest BCUT2D eigenvalue weighted by molar-refractivity contribution is 0.111. The SMILES string of the molecule is CC(c1cccc(Cl)c1)C(O)(P(=O)(O)O)P(=O)(O)O. The van der Waals surface area contributed by atoms with E-state index < -0.39 is 26.2 Å². The van der Waals surface area contributed by atoms with Crippen LogP contribution in [-0.4, -0.2) is 29.8 Å². The third-order valence-corrected chi connectivity index (χ3v) is 7.07. The molecule has 0 radical (unpaired) electrons. The van der Waals surface area contributed by atoms with E-state index in [2.05, 4.69) is 0 Å². The third kappa shape index (κ3) is 3.10. The third-order valence-electron chi connectivity index (χ3n) is 2.79. The highest BCUT2D eigenvalue weighted by Gasteiger charge is 2.63. The van der Waals surface area contributed by atoms with Crippen molar-refractivity contribution < 1.29 is 33.8 Å². The molecule has 0 saturated heterocycles. The lowest BCUT2D eigenvalue weighted by Gasteiger charge is -2.34. The molecule has 108 valence electrons. The maximum absolute atomic E-state index is 11.3. The number of hydrogen-bond donors (Lipinski definition) is 5. The van der Waals surface area contributed by atoms with Crippen molar-refractivity contribution in [2.24, 2.45) is 0 Å². The summed E-state index contributed by atoms with van der Waals surface area (Å²) in [4.78, 5) is 36.4. The molecule has 0 fully saturated rings. The van der Waals surface area contributed by atoms with Gasteiger partial charge in [0.25, 0.3) is 5.08 Å². The fourth-order valence-corrected chi connectivity index (χ4v) is 4.54. The van der Waals surface area contributed by atoms with Gasteiger partial charge in [0.2, 0.25) is 0 Å². The van der Waals surface area contributed by atoms with Crippen LogP contribution in [0.3, 0.4) is 0 Å². The Labute approximate surface area is 114 Å². The summed E-state index contributed by atoms with van der Waals surface area (Å²) in [6.07, 6.45) is 0. The topological polar surface area (TPSA) is 135 Å². The fourth-order valence-electron chi connectivity index (χ4n) is 1.67. The molecular weight excluding hydrogens is 317 g/mol. The van der Waals surface area contributed by atoms with E-state index in [1.54, 1.807) is 0 Å². The molecular formula is C9H13ClO7P2. The summed E-state index contributed by atoms with van der Waals surface area (Å²) in [6, 6.07) is 5.54. The van der Waals surface area contributed by atoms with Crippen LogP contribution in [0.15, 0.2) is 24.3 Å². The second-order valence-electron chi connectivity index (χ2n) is 4.05. The molecule has 1 aromatic rings. The van der Waals surface area contributed by atoms with Crippen molar-refractivity contribution in [3.8, 4) is 0 Å². The highest BCUT2D eigenvalue weighted by Crippen LogP contribution is 2.72. The number of benzene rings is 1. The van der Waals surface area contributed by atoms with Crippen molar-refractivity contribution >= 4 is 26.8 Å². The molecule has 10 heteroatoms. The average Bonchev–Trinajstić information content (AvgIpc) is 2.23. The van der Waals surface area contributed by atoms with Crippen molar-refractivity contribution in [2.75, 3.05) is 0 Å². The Morgan fingerprint density at radius 1 is 1.16 bits per heavy atom. The molecule has 0 aliphatic carbocycles. The van der Waals surface area contributed by atoms with Crippen molar-refractivity contribution in [1.29, 1.82) is 0 Å². The predicted molar refractivity (Wildman–Crippen MR) is 68.9 cm³/mol. The molecule has 1 unspecified atom stereocenters. The van der Waals surface area contributed by atoms with Gasteiger partial charge >= 0.3 is 15.2 Å². The second-order valence-corrected chi connectivity index (χ2v) is 8.38. The van der Waals surface area contributed by atoms with Gasteiger partial charge in [-0.05, 0) is 17.7 Å². The normalized spacial score (nSPS) is 15.3. The van der Waals surface area contributed by atoms with Gasteiger partial charge in [-0.1, -0.05) is 30.7 Å². The summed E-state index contributed by atoms with van der Waals surface area (Å²) >= 11 is 5.70. The van der Waals surface area contributed by atoms with Crippen molar-refractivity contribution in [3.05, 3.63) is 34.9 Å². The quantitative estimate of drug-likeness (QED) is 0.527. The Hall–Kier alpha value is -0.230. The smallest absolute Gasteiger partial charge is 0.367 e. The van der Waals surface area contributed by atoms with Crippen LogP contribution < -0.4 is 0 Å². The molecule has 0 aliphatic heterocycles. The summed E-state index contributed by atoms with van der Waals surface area (Å²) in [5.74, 6) is -1.52. The number of halogens is 1. The van der Waals surface area contributed by atoms with Gasteiger partial charge in [0.15, 0.2) is 0 Å². The summed E-state index contributed by atoms with van der Waals surface area (Å²) in [5.41, 5.74) is 0.0988. The minimum absolute atomic E-state index is 0.0988. The fraction of sp³-hybridized carbons (Fsp3) is 0.333. The maximum Gasteiger partial charge on any atom is 0.370 e. The van der Waals surface area contributed by atoms with E-state index in [9.17, 15) is 14.2 Å². The Morgan fingerprint density at radius 2 is 1.63 bits per heavy atom. The minimum atomic E-state index is -5.50. The van der Waals surface area contributed by atoms with E-state index in [1.807, 2.05) is 0 Å². The highest BCUT2D eigenvalue weighted by atomic mass is 35.5. The molecule has 5 N–H and O–H groups in total. The molecule has 0 amide bonds. The van der Waals surface area contributed by atoms with Gasteiger partial charge < -0.3 is 24.7 Å². The zero-order valence-corrected chi connectivity index (χ0v) is 12.3. The Bertz CT molecular complexity index is 541. The van der Waals surface area contributed by atoms with Gasteiger partial charge in [0.1, 0.15) is 0 Å². The van der Waals surface area contributed by atoms with Crippen LogP contribution in [-0.2, 0) is 9.13 Å². The summed E-state index contributed by atoms with van der Waals surface area (Å²) < 4.78 is 22.6. The lowest BCUT2D eigenvalue weighted by Crippen LogP contribution is -2.34. The van der Waals surface area contributed by atoms with Gasteiger partial charge in [0, 0.05) is 10.9 Å². The first kappa shape index (κ1) is 16.8. The molecule has 1 aromatic carbocycles. The largest absolute Gasteiger partial charge is 0.370 e. The number of hydrogen-bond acceptors (Lipinski definition) is 3. The highest BCUT2D eigenvalue weighted by molar-refractivity contribution is 7.72. The van der Waals surface area contributed by atoms with Crippen LogP contribution in [0.2, 0.25) is 5.02 Å². The molecule has 19 heavy (non-hydrogen) atoms. The van der Waals surface area contributed by atoms with Crippen molar-refractivity contribution in [2.45, 2.75) is 17.9 Å². The second kappa shape index (κ2) is 5.28. The van der Waals surface area contributed by atoms with Gasteiger partial charge in [-0.2, -0.15) is 0 Å². The lowest BCUT2D eigenvalue weighted by atomic mass is 10.0. The van der Waals surface area contributed by atoms with Crippen LogP contribution in [0.4, 0.5) is 0 Å². The van der Waals surface area contributed by atoms with Crippen LogP contribution in [0.25, 0.3) is 0 Å². The molecule has 0 bridgehead atoms. The van der Waals surface area contributed by atoms with E-state index in [0.29, 0.717) is 0 Å². The first-order chi connectivity index (χ1) is 8.41. The first-order valence-corrected chi connectivity index (χ1v) is 8.60. The van der Waals surface area contributed by atoms with Gasteiger partial charge in [-0.3, -0.25) is 9.13 Å². The number of aliphatic hydroxyl groups is 1. The maximum atomic E-state index is 11.3.